The lowest BCUT2D eigenvalue weighted by Crippen LogP contribution is -2.28. The number of nitrogens with zero attached hydrogens (tertiary/aromatic N) is 4. The molecule has 0 saturated carbocycles. The van der Waals surface area contributed by atoms with Crippen LogP contribution in [0.15, 0.2) is 50.5 Å². The van der Waals surface area contributed by atoms with Gasteiger partial charge in [-0.2, -0.15) is 27.4 Å². The van der Waals surface area contributed by atoms with Crippen LogP contribution in [-0.2, 0) is 0 Å². The third kappa shape index (κ3) is 2.23. The first kappa shape index (κ1) is 14.1. The van der Waals surface area contributed by atoms with Crippen molar-refractivity contribution in [2.45, 2.75) is 25.3 Å². The molecule has 0 radical (unpaired) electrons. The standard InChI is InChI=1S/C17H15N5S2/c1-2-12(8-11-4-6-23-9-11)15-14(3-1)16(13-5-7-24-10-13)22-17(18-15)19-20-21-22/h4-10,16H,1-3H2,(H,18,19,21)/t16-/m1/s1. The van der Waals surface area contributed by atoms with Crippen LogP contribution in [0.25, 0.3) is 6.08 Å². The molecule has 3 aromatic rings. The Kier molecular flexibility index (Phi) is 3.34. The van der Waals surface area contributed by atoms with Crippen molar-refractivity contribution in [1.29, 1.82) is 0 Å². The van der Waals surface area contributed by atoms with Crippen LogP contribution >= 0.6 is 22.7 Å². The van der Waals surface area contributed by atoms with E-state index in [1.165, 1.54) is 28.0 Å². The molecular weight excluding hydrogens is 338 g/mol. The van der Waals surface area contributed by atoms with Crippen LogP contribution < -0.4 is 5.32 Å². The molecule has 1 atom stereocenters. The number of fused-ring (bicyclic) bond motifs is 1. The summed E-state index contributed by atoms with van der Waals surface area (Å²) in [6.07, 6.45) is 5.61. The van der Waals surface area contributed by atoms with E-state index in [-0.39, 0.29) is 6.04 Å². The molecule has 120 valence electrons. The Bertz CT molecular complexity index is 918. The molecule has 0 saturated heterocycles. The van der Waals surface area contributed by atoms with Crippen LogP contribution in [0, 0.1) is 0 Å². The van der Waals surface area contributed by atoms with Crippen molar-refractivity contribution < 1.29 is 0 Å². The molecule has 0 bridgehead atoms. The first-order chi connectivity index (χ1) is 11.9. The molecule has 1 N–H and O–H groups in total. The summed E-state index contributed by atoms with van der Waals surface area (Å²) < 4.78 is 1.91. The second-order valence-electron chi connectivity index (χ2n) is 6.01. The van der Waals surface area contributed by atoms with Gasteiger partial charge in [0.2, 0.25) is 5.95 Å². The van der Waals surface area contributed by atoms with E-state index in [2.05, 4.69) is 60.6 Å². The Hall–Kier alpha value is -2.25. The van der Waals surface area contributed by atoms with Crippen molar-refractivity contribution >= 4 is 34.7 Å². The molecular formula is C17H15N5S2. The highest BCUT2D eigenvalue weighted by atomic mass is 32.1. The molecule has 1 aliphatic carbocycles. The van der Waals surface area contributed by atoms with Crippen LogP contribution in [0.5, 0.6) is 0 Å². The predicted octanol–water partition coefficient (Wildman–Crippen LogP) is 4.33. The fourth-order valence-electron chi connectivity index (χ4n) is 3.54. The summed E-state index contributed by atoms with van der Waals surface area (Å²) in [5.41, 5.74) is 6.48. The maximum atomic E-state index is 4.23. The Morgan fingerprint density at radius 2 is 2.08 bits per heavy atom. The number of allylic oxidation sites excluding steroid dienone is 2. The van der Waals surface area contributed by atoms with Crippen LogP contribution in [0.3, 0.4) is 0 Å². The zero-order valence-electron chi connectivity index (χ0n) is 12.8. The second kappa shape index (κ2) is 5.68. The summed E-state index contributed by atoms with van der Waals surface area (Å²) in [6.45, 7) is 0. The monoisotopic (exact) mass is 353 g/mol. The molecule has 2 aliphatic rings. The lowest BCUT2D eigenvalue weighted by molar-refractivity contribution is 0.525. The van der Waals surface area contributed by atoms with Crippen LogP contribution in [0.2, 0.25) is 0 Å². The summed E-state index contributed by atoms with van der Waals surface area (Å²) in [5.74, 6) is 0.725. The van der Waals surface area contributed by atoms with Crippen molar-refractivity contribution in [3.63, 3.8) is 0 Å². The van der Waals surface area contributed by atoms with Gasteiger partial charge in [0.15, 0.2) is 0 Å². The van der Waals surface area contributed by atoms with E-state index < -0.39 is 0 Å². The summed E-state index contributed by atoms with van der Waals surface area (Å²) >= 11 is 3.45. The van der Waals surface area contributed by atoms with Crippen molar-refractivity contribution in [2.24, 2.45) is 0 Å². The number of nitrogens with one attached hydrogen (secondary N) is 1. The van der Waals surface area contributed by atoms with Gasteiger partial charge in [0, 0.05) is 5.70 Å². The number of thiophene rings is 2. The van der Waals surface area contributed by atoms with Gasteiger partial charge in [-0.25, -0.2) is 0 Å². The Morgan fingerprint density at radius 3 is 2.92 bits per heavy atom. The SMILES string of the molecule is C(=C1CCCC2=C1Nc1nnnn1[C@@H]2c1ccsc1)c1ccsc1. The fraction of sp³-hybridized carbons (Fsp3) is 0.235. The van der Waals surface area contributed by atoms with Crippen LogP contribution in [0.4, 0.5) is 5.95 Å². The quantitative estimate of drug-likeness (QED) is 0.745. The Balaban J connectivity index is 1.67. The highest BCUT2D eigenvalue weighted by molar-refractivity contribution is 7.08. The summed E-state index contributed by atoms with van der Waals surface area (Å²) in [6, 6.07) is 4.44. The van der Waals surface area contributed by atoms with Crippen LogP contribution in [0.1, 0.15) is 36.4 Å². The Labute approximate surface area is 147 Å². The van der Waals surface area contributed by atoms with Gasteiger partial charge in [-0.15, -0.1) is 0 Å². The fourth-order valence-corrected chi connectivity index (χ4v) is 4.84. The molecule has 0 aromatic carbocycles. The molecule has 0 unspecified atom stereocenters. The summed E-state index contributed by atoms with van der Waals surface area (Å²) in [4.78, 5) is 0. The molecule has 24 heavy (non-hydrogen) atoms. The molecule has 0 fully saturated rings. The maximum Gasteiger partial charge on any atom is 0.248 e. The minimum absolute atomic E-state index is 0.101. The third-order valence-electron chi connectivity index (χ3n) is 4.58. The average Bonchev–Trinajstić information content (AvgIpc) is 3.35. The molecule has 3 aromatic heterocycles. The van der Waals surface area contributed by atoms with Gasteiger partial charge in [0.05, 0.1) is 0 Å². The van der Waals surface area contributed by atoms with Crippen molar-refractivity contribution in [3.8, 4) is 0 Å². The first-order valence-electron chi connectivity index (χ1n) is 7.93. The van der Waals surface area contributed by atoms with Gasteiger partial charge >= 0.3 is 0 Å². The maximum absolute atomic E-state index is 4.23. The molecule has 4 heterocycles. The summed E-state index contributed by atoms with van der Waals surface area (Å²) in [5, 5.41) is 24.4. The number of hydrogen-bond donors (Lipinski definition) is 1. The lowest BCUT2D eigenvalue weighted by Gasteiger charge is -2.33. The van der Waals surface area contributed by atoms with Gasteiger partial charge in [-0.3, -0.25) is 0 Å². The van der Waals surface area contributed by atoms with E-state index in [0.717, 1.165) is 25.2 Å². The van der Waals surface area contributed by atoms with Gasteiger partial charge in [0.25, 0.3) is 0 Å². The average molecular weight is 353 g/mol. The molecule has 1 aliphatic heterocycles. The van der Waals surface area contributed by atoms with Crippen molar-refractivity contribution in [1.82, 2.24) is 20.2 Å². The number of tetrazole rings is 1. The number of anilines is 1. The third-order valence-corrected chi connectivity index (χ3v) is 5.98. The van der Waals surface area contributed by atoms with Gasteiger partial charge < -0.3 is 5.32 Å². The molecule has 0 spiro atoms. The Morgan fingerprint density at radius 1 is 1.17 bits per heavy atom. The topological polar surface area (TPSA) is 55.6 Å². The normalized spacial score (nSPS) is 21.5. The number of aromatic nitrogens is 4. The molecule has 7 heteroatoms. The lowest BCUT2D eigenvalue weighted by atomic mass is 9.84. The predicted molar refractivity (Wildman–Crippen MR) is 97.1 cm³/mol. The highest BCUT2D eigenvalue weighted by Crippen LogP contribution is 2.43. The van der Waals surface area contributed by atoms with Crippen molar-refractivity contribution in [2.75, 3.05) is 5.32 Å². The molecule has 0 amide bonds. The zero-order valence-corrected chi connectivity index (χ0v) is 14.5. The largest absolute Gasteiger partial charge is 0.323 e. The van der Waals surface area contributed by atoms with Gasteiger partial charge in [0.1, 0.15) is 6.04 Å². The smallest absolute Gasteiger partial charge is 0.248 e. The number of rotatable bonds is 2. The van der Waals surface area contributed by atoms with Crippen LogP contribution in [-0.4, -0.2) is 20.2 Å². The van der Waals surface area contributed by atoms with E-state index >= 15 is 0 Å². The second-order valence-corrected chi connectivity index (χ2v) is 7.57. The zero-order chi connectivity index (χ0) is 15.9. The highest BCUT2D eigenvalue weighted by Gasteiger charge is 2.34. The van der Waals surface area contributed by atoms with E-state index in [1.54, 1.807) is 22.7 Å². The van der Waals surface area contributed by atoms with E-state index in [9.17, 15) is 0 Å². The van der Waals surface area contributed by atoms with E-state index in [0.29, 0.717) is 0 Å². The molecule has 5 nitrogen and oxygen atoms in total. The minimum atomic E-state index is 0.101. The number of hydrogen-bond acceptors (Lipinski definition) is 6. The van der Waals surface area contributed by atoms with Crippen molar-refractivity contribution in [3.05, 3.63) is 61.6 Å². The summed E-state index contributed by atoms with van der Waals surface area (Å²) in [7, 11) is 0. The first-order valence-corrected chi connectivity index (χ1v) is 9.82. The van der Waals surface area contributed by atoms with E-state index in [4.69, 9.17) is 0 Å². The molecule has 5 rings (SSSR count). The minimum Gasteiger partial charge on any atom is -0.323 e. The van der Waals surface area contributed by atoms with Gasteiger partial charge in [-0.1, -0.05) is 5.10 Å². The van der Waals surface area contributed by atoms with Gasteiger partial charge in [-0.05, 0) is 91.7 Å². The van der Waals surface area contributed by atoms with E-state index in [1.807, 2.05) is 4.68 Å².